The minimum Gasteiger partial charge on any atom is -0.484 e. The molecule has 0 aliphatic carbocycles. The van der Waals surface area contributed by atoms with Gasteiger partial charge in [-0.25, -0.2) is 0 Å². The van der Waals surface area contributed by atoms with E-state index in [0.29, 0.717) is 12.3 Å². The third-order valence-electron chi connectivity index (χ3n) is 6.86. The fraction of sp³-hybridized carbons (Fsp3) is 0.400. The number of benzene rings is 2. The number of nitrogens with zero attached hydrogens (tertiary/aromatic N) is 2. The van der Waals surface area contributed by atoms with Gasteiger partial charge >= 0.3 is 0 Å². The fourth-order valence-electron chi connectivity index (χ4n) is 4.75. The van der Waals surface area contributed by atoms with Crippen molar-refractivity contribution in [1.82, 2.24) is 15.2 Å². The second-order valence-corrected chi connectivity index (χ2v) is 9.44. The highest BCUT2D eigenvalue weighted by Gasteiger charge is 2.20. The van der Waals surface area contributed by atoms with E-state index in [-0.39, 0.29) is 11.9 Å². The number of piperidine rings is 1. The SMILES string of the molecule is CNCCC(Oc1ccc(C(=O)CCC2CCN(Cc3ccccc3)CC2)cc1)c1ccccn1. The molecule has 1 atom stereocenters. The van der Waals surface area contributed by atoms with Crippen molar-refractivity contribution in [3.63, 3.8) is 0 Å². The highest BCUT2D eigenvalue weighted by Crippen LogP contribution is 2.26. The topological polar surface area (TPSA) is 54.5 Å². The Hall–Kier alpha value is -3.02. The zero-order valence-corrected chi connectivity index (χ0v) is 20.7. The molecule has 3 aromatic rings. The molecule has 2 heterocycles. The average molecular weight is 472 g/mol. The van der Waals surface area contributed by atoms with Gasteiger partial charge in [-0.2, -0.15) is 0 Å². The van der Waals surface area contributed by atoms with Crippen LogP contribution < -0.4 is 10.1 Å². The van der Waals surface area contributed by atoms with E-state index < -0.39 is 0 Å². The zero-order valence-electron chi connectivity index (χ0n) is 20.7. The van der Waals surface area contributed by atoms with Crippen molar-refractivity contribution in [3.8, 4) is 5.75 Å². The van der Waals surface area contributed by atoms with Crippen molar-refractivity contribution in [2.24, 2.45) is 5.92 Å². The Labute approximate surface area is 209 Å². The third-order valence-corrected chi connectivity index (χ3v) is 6.86. The lowest BCUT2D eigenvalue weighted by atomic mass is 9.90. The number of Topliss-reactive ketones (excluding diaryl/α,β-unsaturated/α-hetero) is 1. The monoisotopic (exact) mass is 471 g/mol. The fourth-order valence-corrected chi connectivity index (χ4v) is 4.75. The molecule has 1 saturated heterocycles. The molecule has 1 unspecified atom stereocenters. The van der Waals surface area contributed by atoms with Crippen LogP contribution in [0.1, 0.15) is 59.8 Å². The predicted octanol–water partition coefficient (Wildman–Crippen LogP) is 5.69. The van der Waals surface area contributed by atoms with Gasteiger partial charge in [0.1, 0.15) is 11.9 Å². The number of nitrogens with one attached hydrogen (secondary N) is 1. The Kier molecular flexibility index (Phi) is 9.44. The van der Waals surface area contributed by atoms with Gasteiger partial charge in [-0.05, 0) is 93.8 Å². The second kappa shape index (κ2) is 13.2. The van der Waals surface area contributed by atoms with Gasteiger partial charge in [-0.1, -0.05) is 36.4 Å². The Balaban J connectivity index is 1.23. The number of likely N-dealkylation sites (tertiary alicyclic amines) is 1. The van der Waals surface area contributed by atoms with E-state index in [2.05, 4.69) is 45.5 Å². The van der Waals surface area contributed by atoms with Crippen LogP contribution in [0.5, 0.6) is 5.75 Å². The number of aromatic nitrogens is 1. The maximum absolute atomic E-state index is 12.8. The molecule has 4 rings (SSSR count). The largest absolute Gasteiger partial charge is 0.484 e. The minimum atomic E-state index is -0.127. The maximum atomic E-state index is 12.8. The van der Waals surface area contributed by atoms with Gasteiger partial charge in [0.05, 0.1) is 5.69 Å². The standard InChI is InChI=1S/C30H37N3O2/c1-31-20-16-30(28-9-5-6-19-32-28)35-27-13-11-26(12-14-27)29(34)15-10-24-17-21-33(22-18-24)23-25-7-3-2-4-8-25/h2-9,11-14,19,24,30-31H,10,15-18,20-23H2,1H3. The smallest absolute Gasteiger partial charge is 0.162 e. The van der Waals surface area contributed by atoms with Gasteiger partial charge in [-0.15, -0.1) is 0 Å². The van der Waals surface area contributed by atoms with E-state index in [4.69, 9.17) is 4.74 Å². The second-order valence-electron chi connectivity index (χ2n) is 9.44. The molecule has 1 N–H and O–H groups in total. The molecule has 1 fully saturated rings. The van der Waals surface area contributed by atoms with Crippen molar-refractivity contribution in [2.75, 3.05) is 26.7 Å². The van der Waals surface area contributed by atoms with Crippen LogP contribution in [-0.2, 0) is 6.54 Å². The van der Waals surface area contributed by atoms with Gasteiger partial charge in [0.25, 0.3) is 0 Å². The van der Waals surface area contributed by atoms with Crippen LogP contribution in [0.4, 0.5) is 0 Å². The average Bonchev–Trinajstić information content (AvgIpc) is 2.92. The van der Waals surface area contributed by atoms with Gasteiger partial charge in [0.2, 0.25) is 0 Å². The molecule has 0 saturated carbocycles. The first-order chi connectivity index (χ1) is 17.2. The van der Waals surface area contributed by atoms with Crippen LogP contribution in [0.3, 0.4) is 0 Å². The summed E-state index contributed by atoms with van der Waals surface area (Å²) < 4.78 is 6.23. The first-order valence-corrected chi connectivity index (χ1v) is 12.8. The molecule has 184 valence electrons. The normalized spacial score (nSPS) is 15.6. The minimum absolute atomic E-state index is 0.127. The molecule has 1 aromatic heterocycles. The lowest BCUT2D eigenvalue weighted by Crippen LogP contribution is -2.33. The van der Waals surface area contributed by atoms with Gasteiger partial charge in [-0.3, -0.25) is 14.7 Å². The Morgan fingerprint density at radius 3 is 2.46 bits per heavy atom. The number of hydrogen-bond donors (Lipinski definition) is 1. The highest BCUT2D eigenvalue weighted by molar-refractivity contribution is 5.96. The van der Waals surface area contributed by atoms with Crippen molar-refractivity contribution in [1.29, 1.82) is 0 Å². The molecular formula is C30H37N3O2. The molecule has 1 aliphatic heterocycles. The van der Waals surface area contributed by atoms with Crippen LogP contribution in [-0.4, -0.2) is 42.3 Å². The van der Waals surface area contributed by atoms with Crippen molar-refractivity contribution < 1.29 is 9.53 Å². The molecule has 0 radical (unpaired) electrons. The molecule has 1 aliphatic rings. The van der Waals surface area contributed by atoms with Crippen molar-refractivity contribution in [3.05, 3.63) is 95.8 Å². The first-order valence-electron chi connectivity index (χ1n) is 12.8. The molecule has 5 heteroatoms. The van der Waals surface area contributed by atoms with Crippen LogP contribution >= 0.6 is 0 Å². The number of ether oxygens (including phenoxy) is 1. The number of carbonyl (C=O) groups excluding carboxylic acids is 1. The highest BCUT2D eigenvalue weighted by atomic mass is 16.5. The summed E-state index contributed by atoms with van der Waals surface area (Å²) in [5, 5.41) is 3.18. The first kappa shape index (κ1) is 25.1. The summed E-state index contributed by atoms with van der Waals surface area (Å²) >= 11 is 0. The maximum Gasteiger partial charge on any atom is 0.162 e. The van der Waals surface area contributed by atoms with Crippen LogP contribution in [0.2, 0.25) is 0 Å². The summed E-state index contributed by atoms with van der Waals surface area (Å²) in [5.41, 5.74) is 3.06. The number of carbonyl (C=O) groups is 1. The van der Waals surface area contributed by atoms with Crippen LogP contribution in [0.15, 0.2) is 79.0 Å². The summed E-state index contributed by atoms with van der Waals surface area (Å²) in [6.45, 7) is 4.09. The summed E-state index contributed by atoms with van der Waals surface area (Å²) in [6, 6.07) is 24.2. The van der Waals surface area contributed by atoms with Crippen LogP contribution in [0.25, 0.3) is 0 Å². The van der Waals surface area contributed by atoms with E-state index in [1.807, 2.05) is 49.5 Å². The summed E-state index contributed by atoms with van der Waals surface area (Å²) in [5.74, 6) is 1.62. The Morgan fingerprint density at radius 1 is 1.03 bits per heavy atom. The number of hydrogen-bond acceptors (Lipinski definition) is 5. The van der Waals surface area contributed by atoms with E-state index in [9.17, 15) is 4.79 Å². The van der Waals surface area contributed by atoms with Crippen molar-refractivity contribution >= 4 is 5.78 Å². The van der Waals surface area contributed by atoms with Gasteiger partial charge in [0.15, 0.2) is 5.78 Å². The lowest BCUT2D eigenvalue weighted by molar-refractivity contribution is 0.0961. The summed E-state index contributed by atoms with van der Waals surface area (Å²) in [4.78, 5) is 19.8. The Morgan fingerprint density at radius 2 is 1.77 bits per heavy atom. The van der Waals surface area contributed by atoms with E-state index >= 15 is 0 Å². The van der Waals surface area contributed by atoms with Gasteiger partial charge in [0, 0.05) is 31.1 Å². The molecule has 2 aromatic carbocycles. The van der Waals surface area contributed by atoms with E-state index in [0.717, 1.165) is 56.0 Å². The molecule has 35 heavy (non-hydrogen) atoms. The number of pyridine rings is 1. The Bertz CT molecular complexity index is 1020. The van der Waals surface area contributed by atoms with Crippen molar-refractivity contribution in [2.45, 2.75) is 44.8 Å². The quantitative estimate of drug-likeness (QED) is 0.344. The molecule has 0 amide bonds. The van der Waals surface area contributed by atoms with E-state index in [1.165, 1.54) is 18.4 Å². The van der Waals surface area contributed by atoms with Crippen LogP contribution in [0, 0.1) is 5.92 Å². The molecular weight excluding hydrogens is 434 g/mol. The number of ketones is 1. The number of rotatable bonds is 12. The zero-order chi connectivity index (χ0) is 24.3. The lowest BCUT2D eigenvalue weighted by Gasteiger charge is -2.32. The molecule has 5 nitrogen and oxygen atoms in total. The predicted molar refractivity (Wildman–Crippen MR) is 141 cm³/mol. The van der Waals surface area contributed by atoms with Gasteiger partial charge < -0.3 is 10.1 Å². The molecule has 0 spiro atoms. The van der Waals surface area contributed by atoms with E-state index in [1.54, 1.807) is 6.20 Å². The summed E-state index contributed by atoms with van der Waals surface area (Å²) in [7, 11) is 1.93. The summed E-state index contributed by atoms with van der Waals surface area (Å²) in [6.07, 6.45) is 6.42. The molecule has 0 bridgehead atoms. The third kappa shape index (κ3) is 7.74.